The Morgan fingerprint density at radius 2 is 1.77 bits per heavy atom. The number of rotatable bonds is 6. The SMILES string of the molecule is Cn1cc(C(=O)O)c(NC(=O)[C@H]2OCC[C@H]2NC(=O)OCC2c3ccccc3-c3ccccc32)n1. The van der Waals surface area contributed by atoms with E-state index in [0.29, 0.717) is 6.42 Å². The zero-order chi connectivity index (χ0) is 24.5. The van der Waals surface area contributed by atoms with E-state index in [0.717, 1.165) is 22.3 Å². The Hall–Kier alpha value is -4.18. The van der Waals surface area contributed by atoms with Gasteiger partial charge in [0.25, 0.3) is 5.91 Å². The summed E-state index contributed by atoms with van der Waals surface area (Å²) in [6, 6.07) is 15.5. The fraction of sp³-hybridized carbons (Fsp3) is 0.280. The van der Waals surface area contributed by atoms with Gasteiger partial charge >= 0.3 is 12.1 Å². The van der Waals surface area contributed by atoms with Crippen molar-refractivity contribution in [3.05, 3.63) is 71.4 Å². The number of benzene rings is 2. The minimum atomic E-state index is -1.21. The highest BCUT2D eigenvalue weighted by Gasteiger charge is 2.37. The highest BCUT2D eigenvalue weighted by Crippen LogP contribution is 2.44. The molecule has 0 radical (unpaired) electrons. The van der Waals surface area contributed by atoms with Crippen LogP contribution in [0.3, 0.4) is 0 Å². The molecule has 1 aromatic heterocycles. The molecule has 0 spiro atoms. The maximum absolute atomic E-state index is 12.8. The number of nitrogens with zero attached hydrogens (tertiary/aromatic N) is 2. The van der Waals surface area contributed by atoms with E-state index in [9.17, 15) is 19.5 Å². The Kier molecular flexibility index (Phi) is 5.96. The normalized spacial score (nSPS) is 18.5. The third-order valence-corrected chi connectivity index (χ3v) is 6.30. The van der Waals surface area contributed by atoms with Crippen molar-refractivity contribution in [3.63, 3.8) is 0 Å². The third kappa shape index (κ3) is 4.35. The molecule has 3 N–H and O–H groups in total. The molecule has 35 heavy (non-hydrogen) atoms. The van der Waals surface area contributed by atoms with E-state index >= 15 is 0 Å². The summed E-state index contributed by atoms with van der Waals surface area (Å²) in [6.07, 6.45) is 0.0549. The second-order valence-corrected chi connectivity index (χ2v) is 8.52. The van der Waals surface area contributed by atoms with Gasteiger partial charge in [0.2, 0.25) is 0 Å². The number of nitrogens with one attached hydrogen (secondary N) is 2. The number of carboxylic acids is 1. The Bertz CT molecular complexity index is 1260. The summed E-state index contributed by atoms with van der Waals surface area (Å²) in [6.45, 7) is 0.417. The fourth-order valence-electron chi connectivity index (χ4n) is 4.71. The first-order chi connectivity index (χ1) is 16.9. The van der Waals surface area contributed by atoms with Crippen LogP contribution in [0.1, 0.15) is 33.8 Å². The summed E-state index contributed by atoms with van der Waals surface area (Å²) < 4.78 is 12.4. The minimum Gasteiger partial charge on any atom is -0.477 e. The van der Waals surface area contributed by atoms with Gasteiger partial charge in [0.05, 0.1) is 6.04 Å². The average molecular weight is 476 g/mol. The van der Waals surface area contributed by atoms with Crippen LogP contribution in [0.25, 0.3) is 11.1 Å². The topological polar surface area (TPSA) is 132 Å². The number of carbonyl (C=O) groups excluding carboxylic acids is 2. The molecule has 2 aliphatic rings. The number of carbonyl (C=O) groups is 3. The standard InChI is InChI=1S/C25H24N4O6/c1-29-12-18(24(31)32)22(28-29)27-23(30)21-20(10-11-34-21)26-25(33)35-13-19-16-8-4-2-6-14(16)15-7-3-5-9-17(15)19/h2-9,12,19-21H,10-11,13H2,1H3,(H,26,33)(H,31,32)(H,27,28,30)/t20-,21+/m1/s1. The van der Waals surface area contributed by atoms with Crippen LogP contribution >= 0.6 is 0 Å². The smallest absolute Gasteiger partial charge is 0.407 e. The lowest BCUT2D eigenvalue weighted by Gasteiger charge is -2.20. The molecule has 0 unspecified atom stereocenters. The Balaban J connectivity index is 1.22. The third-order valence-electron chi connectivity index (χ3n) is 6.30. The molecule has 5 rings (SSSR count). The van der Waals surface area contributed by atoms with Crippen molar-refractivity contribution < 1.29 is 29.0 Å². The number of carboxylic acid groups (broad SMARTS) is 1. The van der Waals surface area contributed by atoms with Crippen molar-refractivity contribution in [1.82, 2.24) is 15.1 Å². The molecule has 0 bridgehead atoms. The van der Waals surface area contributed by atoms with Gasteiger partial charge in [-0.25, -0.2) is 9.59 Å². The van der Waals surface area contributed by atoms with Gasteiger partial charge in [0, 0.05) is 25.8 Å². The lowest BCUT2D eigenvalue weighted by atomic mass is 9.98. The molecular weight excluding hydrogens is 452 g/mol. The molecule has 10 heteroatoms. The lowest BCUT2D eigenvalue weighted by Crippen LogP contribution is -2.46. The van der Waals surface area contributed by atoms with Gasteiger partial charge in [0.15, 0.2) is 11.9 Å². The van der Waals surface area contributed by atoms with E-state index < -0.39 is 30.1 Å². The van der Waals surface area contributed by atoms with Crippen LogP contribution in [0.15, 0.2) is 54.7 Å². The average Bonchev–Trinajstić information content (AvgIpc) is 3.53. The summed E-state index contributed by atoms with van der Waals surface area (Å²) >= 11 is 0. The molecule has 2 atom stereocenters. The van der Waals surface area contributed by atoms with Crippen molar-refractivity contribution in [2.75, 3.05) is 18.5 Å². The van der Waals surface area contributed by atoms with Gasteiger partial charge in [-0.3, -0.25) is 9.48 Å². The zero-order valence-electron chi connectivity index (χ0n) is 18.9. The number of fused-ring (bicyclic) bond motifs is 3. The number of ether oxygens (including phenoxy) is 2. The molecule has 0 saturated carbocycles. The summed E-state index contributed by atoms with van der Waals surface area (Å²) in [7, 11) is 1.55. The fourth-order valence-corrected chi connectivity index (χ4v) is 4.71. The van der Waals surface area contributed by atoms with Crippen LogP contribution in [0.2, 0.25) is 0 Å². The van der Waals surface area contributed by atoms with Crippen LogP contribution in [0, 0.1) is 0 Å². The molecule has 2 amide bonds. The van der Waals surface area contributed by atoms with E-state index in [1.54, 1.807) is 7.05 Å². The monoisotopic (exact) mass is 476 g/mol. The number of amides is 2. The quantitative estimate of drug-likeness (QED) is 0.498. The molecule has 1 aliphatic heterocycles. The van der Waals surface area contributed by atoms with E-state index in [-0.39, 0.29) is 30.5 Å². The summed E-state index contributed by atoms with van der Waals surface area (Å²) in [5, 5.41) is 18.5. The second kappa shape index (κ2) is 9.22. The molecule has 1 saturated heterocycles. The van der Waals surface area contributed by atoms with Crippen molar-refractivity contribution in [1.29, 1.82) is 0 Å². The van der Waals surface area contributed by atoms with E-state index in [4.69, 9.17) is 9.47 Å². The number of aryl methyl sites for hydroxylation is 1. The Morgan fingerprint density at radius 1 is 1.11 bits per heavy atom. The summed E-state index contributed by atoms with van der Waals surface area (Å²) in [5.74, 6) is -1.97. The highest BCUT2D eigenvalue weighted by molar-refractivity contribution is 6.01. The minimum absolute atomic E-state index is 0.0781. The Labute approximate surface area is 200 Å². The molecule has 2 aromatic carbocycles. The van der Waals surface area contributed by atoms with E-state index in [1.807, 2.05) is 36.4 Å². The number of aromatic nitrogens is 2. The first kappa shape index (κ1) is 22.6. The molecule has 3 aromatic rings. The molecule has 2 heterocycles. The zero-order valence-corrected chi connectivity index (χ0v) is 18.9. The van der Waals surface area contributed by atoms with Crippen LogP contribution in [0.4, 0.5) is 10.6 Å². The van der Waals surface area contributed by atoms with Crippen molar-refractivity contribution in [2.45, 2.75) is 24.5 Å². The second-order valence-electron chi connectivity index (χ2n) is 8.52. The molecule has 1 fully saturated rings. The van der Waals surface area contributed by atoms with Crippen molar-refractivity contribution >= 4 is 23.8 Å². The molecular formula is C25H24N4O6. The van der Waals surface area contributed by atoms with Crippen LogP contribution in [-0.4, -0.2) is 58.2 Å². The van der Waals surface area contributed by atoms with Crippen LogP contribution in [0.5, 0.6) is 0 Å². The predicted octanol–water partition coefficient (Wildman–Crippen LogP) is 2.75. The van der Waals surface area contributed by atoms with Crippen molar-refractivity contribution in [3.8, 4) is 11.1 Å². The summed E-state index contributed by atoms with van der Waals surface area (Å²) in [4.78, 5) is 36.8. The van der Waals surface area contributed by atoms with Gasteiger partial charge in [-0.05, 0) is 28.7 Å². The number of hydrogen-bond acceptors (Lipinski definition) is 6. The maximum atomic E-state index is 12.8. The highest BCUT2D eigenvalue weighted by atomic mass is 16.6. The first-order valence-electron chi connectivity index (χ1n) is 11.2. The predicted molar refractivity (Wildman–Crippen MR) is 125 cm³/mol. The van der Waals surface area contributed by atoms with E-state index in [1.165, 1.54) is 10.9 Å². The van der Waals surface area contributed by atoms with E-state index in [2.05, 4.69) is 27.9 Å². The van der Waals surface area contributed by atoms with Gasteiger partial charge in [-0.1, -0.05) is 48.5 Å². The van der Waals surface area contributed by atoms with Crippen LogP contribution < -0.4 is 10.6 Å². The molecule has 10 nitrogen and oxygen atoms in total. The van der Waals surface area contributed by atoms with Gasteiger partial charge in [0.1, 0.15) is 12.2 Å². The van der Waals surface area contributed by atoms with Crippen molar-refractivity contribution in [2.24, 2.45) is 7.05 Å². The molecule has 1 aliphatic carbocycles. The van der Waals surface area contributed by atoms with Gasteiger partial charge < -0.3 is 25.2 Å². The molecule has 180 valence electrons. The summed E-state index contributed by atoms with van der Waals surface area (Å²) in [5.41, 5.74) is 4.33. The largest absolute Gasteiger partial charge is 0.477 e. The van der Waals surface area contributed by atoms with Gasteiger partial charge in [-0.2, -0.15) is 5.10 Å². The number of alkyl carbamates (subject to hydrolysis) is 1. The number of anilines is 1. The first-order valence-corrected chi connectivity index (χ1v) is 11.2. The number of hydrogen-bond donors (Lipinski definition) is 3. The number of aromatic carboxylic acids is 1. The van der Waals surface area contributed by atoms with Crippen LogP contribution in [-0.2, 0) is 21.3 Å². The maximum Gasteiger partial charge on any atom is 0.407 e. The Morgan fingerprint density at radius 3 is 2.43 bits per heavy atom. The lowest BCUT2D eigenvalue weighted by molar-refractivity contribution is -0.125. The van der Waals surface area contributed by atoms with Gasteiger partial charge in [-0.15, -0.1) is 0 Å².